The van der Waals surface area contributed by atoms with Gasteiger partial charge >= 0.3 is 11.4 Å². The zero-order valence-electron chi connectivity index (χ0n) is 11.1. The number of nitrogens with zero attached hydrogens (tertiary/aromatic N) is 2. The lowest BCUT2D eigenvalue weighted by Crippen LogP contribution is -2.33. The molecule has 11 heteroatoms. The number of hydrazine groups is 1. The number of aromatic nitrogens is 4. The first-order valence-electron chi connectivity index (χ1n) is 5.49. The van der Waals surface area contributed by atoms with E-state index in [4.69, 9.17) is 17.4 Å². The van der Waals surface area contributed by atoms with Gasteiger partial charge in [0.25, 0.3) is 11.1 Å². The standard InChI is InChI=1S/C5H5ClN2O2.C5H8N4O2/c1-8-4(9)2-3(6)7-5(8)10;1-9-4(10)2-3(8-6)7-5(9)11/h2H,1H3,(H,7,10);2,8H,6H2,1H3,(H,7,11). The van der Waals surface area contributed by atoms with Gasteiger partial charge in [-0.05, 0) is 0 Å². The third kappa shape index (κ3) is 4.19. The van der Waals surface area contributed by atoms with Gasteiger partial charge in [-0.25, -0.2) is 15.4 Å². The molecule has 10 nitrogen and oxygen atoms in total. The number of nitrogens with two attached hydrogens (primary N) is 1. The van der Waals surface area contributed by atoms with Crippen LogP contribution in [-0.2, 0) is 14.1 Å². The van der Waals surface area contributed by atoms with E-state index >= 15 is 0 Å². The van der Waals surface area contributed by atoms with Crippen LogP contribution >= 0.6 is 11.6 Å². The van der Waals surface area contributed by atoms with Crippen molar-refractivity contribution in [3.63, 3.8) is 0 Å². The lowest BCUT2D eigenvalue weighted by Gasteiger charge is -1.99. The lowest BCUT2D eigenvalue weighted by atomic mass is 10.6. The molecule has 0 amide bonds. The molecule has 2 rings (SSSR count). The average molecular weight is 317 g/mol. The summed E-state index contributed by atoms with van der Waals surface area (Å²) in [4.78, 5) is 47.7. The quantitative estimate of drug-likeness (QED) is 0.274. The van der Waals surface area contributed by atoms with E-state index in [1.54, 1.807) is 0 Å². The van der Waals surface area contributed by atoms with Crippen LogP contribution in [0.2, 0.25) is 5.15 Å². The molecule has 0 radical (unpaired) electrons. The Morgan fingerprint density at radius 3 is 1.90 bits per heavy atom. The van der Waals surface area contributed by atoms with Crippen LogP contribution in [0.1, 0.15) is 0 Å². The Kier molecular flexibility index (Phi) is 5.27. The van der Waals surface area contributed by atoms with Gasteiger partial charge in [-0.1, -0.05) is 11.6 Å². The number of nitrogen functional groups attached to an aromatic ring is 1. The van der Waals surface area contributed by atoms with E-state index < -0.39 is 22.5 Å². The number of halogens is 1. The minimum Gasteiger partial charge on any atom is -0.310 e. The fraction of sp³-hybridized carbons (Fsp3) is 0.200. The fourth-order valence-electron chi connectivity index (χ4n) is 1.16. The highest BCUT2D eigenvalue weighted by Crippen LogP contribution is 1.92. The molecule has 0 fully saturated rings. The van der Waals surface area contributed by atoms with Crippen molar-refractivity contribution in [3.05, 3.63) is 59.0 Å². The van der Waals surface area contributed by atoms with Crippen molar-refractivity contribution in [2.75, 3.05) is 5.43 Å². The number of nitrogens with one attached hydrogen (secondary N) is 3. The van der Waals surface area contributed by atoms with Crippen molar-refractivity contribution < 1.29 is 0 Å². The molecule has 0 aliphatic rings. The van der Waals surface area contributed by atoms with Crippen molar-refractivity contribution in [1.82, 2.24) is 19.1 Å². The Bertz CT molecular complexity index is 799. The highest BCUT2D eigenvalue weighted by Gasteiger charge is 1.97. The molecule has 0 unspecified atom stereocenters. The van der Waals surface area contributed by atoms with Gasteiger partial charge in [0.2, 0.25) is 0 Å². The second-order valence-electron chi connectivity index (χ2n) is 3.85. The topological polar surface area (TPSA) is 148 Å². The minimum absolute atomic E-state index is 0.0631. The van der Waals surface area contributed by atoms with Crippen LogP contribution in [0.15, 0.2) is 31.3 Å². The van der Waals surface area contributed by atoms with Crippen LogP contribution < -0.4 is 33.8 Å². The highest BCUT2D eigenvalue weighted by atomic mass is 35.5. The van der Waals surface area contributed by atoms with Gasteiger partial charge in [0.1, 0.15) is 11.0 Å². The van der Waals surface area contributed by atoms with Gasteiger partial charge in [-0.2, -0.15) is 0 Å². The van der Waals surface area contributed by atoms with E-state index in [0.29, 0.717) is 0 Å². The summed E-state index contributed by atoms with van der Waals surface area (Å²) in [6, 6.07) is 2.34. The van der Waals surface area contributed by atoms with Crippen LogP contribution in [0.3, 0.4) is 0 Å². The molecular formula is C10H13ClN6O4. The zero-order chi connectivity index (χ0) is 16.2. The van der Waals surface area contributed by atoms with Gasteiger partial charge in [0, 0.05) is 26.2 Å². The maximum atomic E-state index is 10.9. The Labute approximate surface area is 121 Å². The monoisotopic (exact) mass is 316 g/mol. The predicted octanol–water partition coefficient (Wildman–Crippen LogP) is -1.91. The van der Waals surface area contributed by atoms with Crippen LogP contribution in [0.5, 0.6) is 0 Å². The Hall–Kier alpha value is -2.59. The predicted molar refractivity (Wildman–Crippen MR) is 77.4 cm³/mol. The first-order valence-corrected chi connectivity index (χ1v) is 5.87. The van der Waals surface area contributed by atoms with Gasteiger partial charge in [0.15, 0.2) is 0 Å². The fourth-order valence-corrected chi connectivity index (χ4v) is 1.33. The smallest absolute Gasteiger partial charge is 0.310 e. The molecule has 0 saturated heterocycles. The number of hydrogen-bond acceptors (Lipinski definition) is 6. The number of aromatic amines is 2. The SMILES string of the molecule is Cn1c(=O)cc(Cl)[nH]c1=O.Cn1c(=O)cc(NN)[nH]c1=O. The molecule has 0 saturated carbocycles. The van der Waals surface area contributed by atoms with Crippen molar-refractivity contribution in [2.24, 2.45) is 19.9 Å². The lowest BCUT2D eigenvalue weighted by molar-refractivity contribution is 0.776. The normalized spacial score (nSPS) is 9.71. The molecule has 2 heterocycles. The summed E-state index contributed by atoms with van der Waals surface area (Å²) < 4.78 is 1.88. The first-order chi connectivity index (χ1) is 9.76. The van der Waals surface area contributed by atoms with Gasteiger partial charge < -0.3 is 5.43 Å². The summed E-state index contributed by atoms with van der Waals surface area (Å²) in [5.41, 5.74) is 0.360. The van der Waals surface area contributed by atoms with E-state index in [0.717, 1.165) is 15.2 Å². The summed E-state index contributed by atoms with van der Waals surface area (Å²) in [7, 11) is 2.75. The second-order valence-corrected chi connectivity index (χ2v) is 4.26. The van der Waals surface area contributed by atoms with E-state index in [9.17, 15) is 19.2 Å². The highest BCUT2D eigenvalue weighted by molar-refractivity contribution is 6.29. The van der Waals surface area contributed by atoms with E-state index in [2.05, 4.69) is 15.4 Å². The number of H-pyrrole nitrogens is 2. The molecule has 5 N–H and O–H groups in total. The Balaban J connectivity index is 0.000000211. The summed E-state index contributed by atoms with van der Waals surface area (Å²) in [6.07, 6.45) is 0. The van der Waals surface area contributed by atoms with E-state index in [-0.39, 0.29) is 11.0 Å². The van der Waals surface area contributed by atoms with Crippen LogP contribution in [0.25, 0.3) is 0 Å². The van der Waals surface area contributed by atoms with Crippen LogP contribution in [0, 0.1) is 0 Å². The molecule has 0 spiro atoms. The Morgan fingerprint density at radius 2 is 1.48 bits per heavy atom. The molecule has 114 valence electrons. The van der Waals surface area contributed by atoms with Gasteiger partial charge in [-0.3, -0.25) is 28.7 Å². The number of hydrogen-bond donors (Lipinski definition) is 4. The van der Waals surface area contributed by atoms with E-state index in [1.165, 1.54) is 20.2 Å². The molecule has 2 aromatic heterocycles. The first kappa shape index (κ1) is 16.5. The molecule has 0 atom stereocenters. The summed E-state index contributed by atoms with van der Waals surface area (Å²) >= 11 is 5.35. The van der Waals surface area contributed by atoms with Crippen molar-refractivity contribution in [3.8, 4) is 0 Å². The summed E-state index contributed by atoms with van der Waals surface area (Å²) in [6.45, 7) is 0. The zero-order valence-corrected chi connectivity index (χ0v) is 11.9. The van der Waals surface area contributed by atoms with Crippen molar-refractivity contribution in [1.29, 1.82) is 0 Å². The third-order valence-electron chi connectivity index (χ3n) is 2.41. The van der Waals surface area contributed by atoms with Crippen molar-refractivity contribution >= 4 is 17.4 Å². The van der Waals surface area contributed by atoms with E-state index in [1.807, 2.05) is 0 Å². The summed E-state index contributed by atoms with van der Waals surface area (Å²) in [5.74, 6) is 5.18. The Morgan fingerprint density at radius 1 is 1.00 bits per heavy atom. The van der Waals surface area contributed by atoms with Gasteiger partial charge in [-0.15, -0.1) is 0 Å². The second kappa shape index (κ2) is 6.72. The molecular weight excluding hydrogens is 304 g/mol. The summed E-state index contributed by atoms with van der Waals surface area (Å²) in [5, 5.41) is 0.0631. The molecule has 0 aliphatic carbocycles. The van der Waals surface area contributed by atoms with Crippen LogP contribution in [-0.4, -0.2) is 19.1 Å². The average Bonchev–Trinajstić information content (AvgIpc) is 2.42. The molecule has 21 heavy (non-hydrogen) atoms. The molecule has 2 aromatic rings. The van der Waals surface area contributed by atoms with Gasteiger partial charge in [0.05, 0.1) is 0 Å². The number of anilines is 1. The van der Waals surface area contributed by atoms with Crippen molar-refractivity contribution in [2.45, 2.75) is 0 Å². The molecule has 0 aromatic carbocycles. The number of rotatable bonds is 1. The molecule has 0 aliphatic heterocycles. The minimum atomic E-state index is -0.502. The maximum absolute atomic E-state index is 10.9. The molecule has 0 bridgehead atoms. The van der Waals surface area contributed by atoms with Crippen LogP contribution in [0.4, 0.5) is 5.82 Å². The largest absolute Gasteiger partial charge is 0.329 e. The maximum Gasteiger partial charge on any atom is 0.329 e. The third-order valence-corrected chi connectivity index (χ3v) is 2.62.